The third-order valence-electron chi connectivity index (χ3n) is 2.85. The molecular formula is C13H11N3O2. The van der Waals surface area contributed by atoms with Gasteiger partial charge in [0.25, 0.3) is 0 Å². The summed E-state index contributed by atoms with van der Waals surface area (Å²) in [7, 11) is 1.84. The molecule has 90 valence electrons. The summed E-state index contributed by atoms with van der Waals surface area (Å²) in [4.78, 5) is 8.68. The third-order valence-corrected chi connectivity index (χ3v) is 2.85. The lowest BCUT2D eigenvalue weighted by atomic mass is 10.2. The van der Waals surface area contributed by atoms with Crippen LogP contribution in [0, 0.1) is 0 Å². The standard InChI is InChI=1S/C13H11N3O2/c1-16-12(9-5-4-8(17)7-11(9)18)15-10-3-2-6-14-13(10)16/h2-7,17-18H,1H3. The van der Waals surface area contributed by atoms with E-state index in [2.05, 4.69) is 9.97 Å². The Morgan fingerprint density at radius 3 is 2.72 bits per heavy atom. The highest BCUT2D eigenvalue weighted by atomic mass is 16.3. The van der Waals surface area contributed by atoms with Crippen molar-refractivity contribution in [3.05, 3.63) is 36.5 Å². The molecule has 2 N–H and O–H groups in total. The molecule has 2 heterocycles. The maximum atomic E-state index is 9.86. The van der Waals surface area contributed by atoms with E-state index in [9.17, 15) is 10.2 Å². The lowest BCUT2D eigenvalue weighted by Crippen LogP contribution is -1.93. The fourth-order valence-corrected chi connectivity index (χ4v) is 1.97. The number of benzene rings is 1. The first kappa shape index (κ1) is 10.6. The molecule has 5 heteroatoms. The molecular weight excluding hydrogens is 230 g/mol. The molecule has 0 fully saturated rings. The molecule has 0 atom stereocenters. The fraction of sp³-hybridized carbons (Fsp3) is 0.0769. The summed E-state index contributed by atoms with van der Waals surface area (Å²) in [5.41, 5.74) is 2.08. The Kier molecular flexibility index (Phi) is 2.19. The van der Waals surface area contributed by atoms with Gasteiger partial charge in [-0.3, -0.25) is 0 Å². The first-order chi connectivity index (χ1) is 8.66. The first-order valence-corrected chi connectivity index (χ1v) is 5.46. The normalized spacial score (nSPS) is 10.9. The molecule has 0 radical (unpaired) electrons. The van der Waals surface area contributed by atoms with Crippen LogP contribution < -0.4 is 0 Å². The van der Waals surface area contributed by atoms with Crippen molar-refractivity contribution in [2.45, 2.75) is 0 Å². The zero-order valence-electron chi connectivity index (χ0n) is 9.70. The van der Waals surface area contributed by atoms with Gasteiger partial charge in [-0.15, -0.1) is 0 Å². The van der Waals surface area contributed by atoms with Gasteiger partial charge in [-0.05, 0) is 24.3 Å². The fourth-order valence-electron chi connectivity index (χ4n) is 1.97. The molecule has 18 heavy (non-hydrogen) atoms. The number of imidazole rings is 1. The van der Waals surface area contributed by atoms with E-state index in [0.717, 1.165) is 11.2 Å². The van der Waals surface area contributed by atoms with Crippen molar-refractivity contribution in [3.63, 3.8) is 0 Å². The van der Waals surface area contributed by atoms with Gasteiger partial charge in [0.2, 0.25) is 0 Å². The predicted molar refractivity (Wildman–Crippen MR) is 67.3 cm³/mol. The zero-order chi connectivity index (χ0) is 12.7. The van der Waals surface area contributed by atoms with Gasteiger partial charge in [0, 0.05) is 19.3 Å². The summed E-state index contributed by atoms with van der Waals surface area (Å²) in [5, 5.41) is 19.2. The highest BCUT2D eigenvalue weighted by Crippen LogP contribution is 2.32. The van der Waals surface area contributed by atoms with Crippen molar-refractivity contribution in [1.29, 1.82) is 0 Å². The smallest absolute Gasteiger partial charge is 0.160 e. The number of phenols is 2. The Balaban J connectivity index is 2.28. The van der Waals surface area contributed by atoms with Crippen LogP contribution in [0.25, 0.3) is 22.6 Å². The second-order valence-electron chi connectivity index (χ2n) is 4.04. The molecule has 0 bridgehead atoms. The Hall–Kier alpha value is -2.56. The lowest BCUT2D eigenvalue weighted by Gasteiger charge is -2.04. The maximum absolute atomic E-state index is 9.86. The van der Waals surface area contributed by atoms with E-state index in [1.54, 1.807) is 16.8 Å². The predicted octanol–water partition coefficient (Wildman–Crippen LogP) is 2.05. The minimum atomic E-state index is -0.00611. The van der Waals surface area contributed by atoms with E-state index in [1.165, 1.54) is 12.1 Å². The summed E-state index contributed by atoms with van der Waals surface area (Å²) in [6.45, 7) is 0. The molecule has 2 aromatic heterocycles. The van der Waals surface area contributed by atoms with E-state index < -0.39 is 0 Å². The van der Waals surface area contributed by atoms with Crippen LogP contribution in [0.2, 0.25) is 0 Å². The van der Waals surface area contributed by atoms with Crippen LogP contribution in [0.15, 0.2) is 36.5 Å². The molecule has 0 aliphatic carbocycles. The monoisotopic (exact) mass is 241 g/mol. The van der Waals surface area contributed by atoms with E-state index in [-0.39, 0.29) is 11.5 Å². The quantitative estimate of drug-likeness (QED) is 0.684. The Morgan fingerprint density at radius 2 is 2.00 bits per heavy atom. The molecule has 0 aliphatic rings. The molecule has 0 saturated heterocycles. The number of fused-ring (bicyclic) bond motifs is 1. The van der Waals surface area contributed by atoms with Gasteiger partial charge in [-0.25, -0.2) is 9.97 Å². The van der Waals surface area contributed by atoms with E-state index in [0.29, 0.717) is 11.4 Å². The van der Waals surface area contributed by atoms with E-state index >= 15 is 0 Å². The van der Waals surface area contributed by atoms with Gasteiger partial charge < -0.3 is 14.8 Å². The molecule has 0 aliphatic heterocycles. The highest BCUT2D eigenvalue weighted by molar-refractivity contribution is 5.78. The molecule has 0 unspecified atom stereocenters. The van der Waals surface area contributed by atoms with Gasteiger partial charge in [-0.1, -0.05) is 0 Å². The van der Waals surface area contributed by atoms with Crippen LogP contribution in [-0.4, -0.2) is 24.7 Å². The molecule has 0 saturated carbocycles. The van der Waals surface area contributed by atoms with Crippen molar-refractivity contribution >= 4 is 11.2 Å². The Bertz CT molecular complexity index is 734. The maximum Gasteiger partial charge on any atom is 0.160 e. The zero-order valence-corrected chi connectivity index (χ0v) is 9.70. The van der Waals surface area contributed by atoms with Crippen molar-refractivity contribution in [2.24, 2.45) is 7.05 Å². The summed E-state index contributed by atoms with van der Waals surface area (Å²) in [6, 6.07) is 8.12. The molecule has 3 rings (SSSR count). The van der Waals surface area contributed by atoms with Gasteiger partial charge in [0.05, 0.1) is 5.56 Å². The minimum Gasteiger partial charge on any atom is -0.508 e. The number of nitrogens with zero attached hydrogens (tertiary/aromatic N) is 3. The second kappa shape index (κ2) is 3.73. The van der Waals surface area contributed by atoms with Crippen molar-refractivity contribution < 1.29 is 10.2 Å². The number of aryl methyl sites for hydroxylation is 1. The summed E-state index contributed by atoms with van der Waals surface area (Å²) in [6.07, 6.45) is 1.70. The summed E-state index contributed by atoms with van der Waals surface area (Å²) in [5.74, 6) is 0.628. The Labute approximate surface area is 103 Å². The molecule has 0 spiro atoms. The lowest BCUT2D eigenvalue weighted by molar-refractivity contribution is 0.451. The third kappa shape index (κ3) is 1.48. The average Bonchev–Trinajstić information content (AvgIpc) is 2.68. The number of hydrogen-bond acceptors (Lipinski definition) is 4. The number of rotatable bonds is 1. The molecule has 3 aromatic rings. The number of aromatic hydroxyl groups is 2. The average molecular weight is 241 g/mol. The van der Waals surface area contributed by atoms with Gasteiger partial charge >= 0.3 is 0 Å². The molecule has 1 aromatic carbocycles. The van der Waals surface area contributed by atoms with Gasteiger partial charge in [-0.2, -0.15) is 0 Å². The van der Waals surface area contributed by atoms with Crippen LogP contribution in [0.4, 0.5) is 0 Å². The van der Waals surface area contributed by atoms with Crippen LogP contribution in [0.5, 0.6) is 11.5 Å². The topological polar surface area (TPSA) is 71.2 Å². The van der Waals surface area contributed by atoms with Crippen LogP contribution >= 0.6 is 0 Å². The molecule has 5 nitrogen and oxygen atoms in total. The van der Waals surface area contributed by atoms with Crippen molar-refractivity contribution in [3.8, 4) is 22.9 Å². The number of pyridine rings is 1. The number of phenolic OH excluding ortho intramolecular Hbond substituents is 2. The number of hydrogen-bond donors (Lipinski definition) is 2. The minimum absolute atomic E-state index is 0.00611. The summed E-state index contributed by atoms with van der Waals surface area (Å²) < 4.78 is 1.81. The number of aromatic nitrogens is 3. The van der Waals surface area contributed by atoms with Crippen LogP contribution in [0.1, 0.15) is 0 Å². The van der Waals surface area contributed by atoms with Gasteiger partial charge in [0.1, 0.15) is 22.8 Å². The second-order valence-corrected chi connectivity index (χ2v) is 4.04. The first-order valence-electron chi connectivity index (χ1n) is 5.46. The van der Waals surface area contributed by atoms with Crippen LogP contribution in [-0.2, 0) is 7.05 Å². The van der Waals surface area contributed by atoms with E-state index in [4.69, 9.17) is 0 Å². The van der Waals surface area contributed by atoms with Crippen LogP contribution in [0.3, 0.4) is 0 Å². The largest absolute Gasteiger partial charge is 0.508 e. The Morgan fingerprint density at radius 1 is 1.17 bits per heavy atom. The summed E-state index contributed by atoms with van der Waals surface area (Å²) >= 11 is 0. The van der Waals surface area contributed by atoms with E-state index in [1.807, 2.05) is 19.2 Å². The van der Waals surface area contributed by atoms with Crippen molar-refractivity contribution in [1.82, 2.24) is 14.5 Å². The SMILES string of the molecule is Cn1c(-c2ccc(O)cc2O)nc2cccnc21. The van der Waals surface area contributed by atoms with Crippen molar-refractivity contribution in [2.75, 3.05) is 0 Å². The molecule has 0 amide bonds. The van der Waals surface area contributed by atoms with Gasteiger partial charge in [0.15, 0.2) is 5.65 Å². The highest BCUT2D eigenvalue weighted by Gasteiger charge is 2.13.